The number of rotatable bonds is 8. The SMILES string of the molecule is CC(CNCCOc1ccccc1)CN1CCCC1. The van der Waals surface area contributed by atoms with Crippen LogP contribution in [0.2, 0.25) is 0 Å². The summed E-state index contributed by atoms with van der Waals surface area (Å²) >= 11 is 0. The standard InChI is InChI=1S/C16H26N2O/c1-15(14-18-10-5-6-11-18)13-17-9-12-19-16-7-3-2-4-8-16/h2-4,7-8,15,17H,5-6,9-14H2,1H3. The molecule has 1 unspecified atom stereocenters. The van der Waals surface area contributed by atoms with Gasteiger partial charge in [-0.25, -0.2) is 0 Å². The molecule has 1 aromatic carbocycles. The van der Waals surface area contributed by atoms with Gasteiger partial charge in [-0.1, -0.05) is 25.1 Å². The van der Waals surface area contributed by atoms with Gasteiger partial charge in [0.05, 0.1) is 0 Å². The summed E-state index contributed by atoms with van der Waals surface area (Å²) in [5, 5.41) is 3.48. The van der Waals surface area contributed by atoms with E-state index in [2.05, 4.69) is 17.1 Å². The smallest absolute Gasteiger partial charge is 0.119 e. The normalized spacial score (nSPS) is 17.5. The Balaban J connectivity index is 1.49. The van der Waals surface area contributed by atoms with Crippen molar-refractivity contribution in [3.05, 3.63) is 30.3 Å². The minimum absolute atomic E-state index is 0.717. The molecule has 3 heteroatoms. The van der Waals surface area contributed by atoms with Crippen LogP contribution in [0.1, 0.15) is 19.8 Å². The van der Waals surface area contributed by atoms with Crippen molar-refractivity contribution in [2.75, 3.05) is 39.3 Å². The molecule has 1 N–H and O–H groups in total. The summed E-state index contributed by atoms with van der Waals surface area (Å²) in [6.45, 7) is 8.87. The average molecular weight is 262 g/mol. The number of likely N-dealkylation sites (tertiary alicyclic amines) is 1. The lowest BCUT2D eigenvalue weighted by atomic mass is 10.1. The molecule has 1 atom stereocenters. The number of para-hydroxylation sites is 1. The largest absolute Gasteiger partial charge is 0.492 e. The molecule has 1 aromatic rings. The molecule has 0 spiro atoms. The first-order valence-corrected chi connectivity index (χ1v) is 7.45. The Morgan fingerprint density at radius 1 is 1.21 bits per heavy atom. The first kappa shape index (κ1) is 14.4. The topological polar surface area (TPSA) is 24.5 Å². The summed E-state index contributed by atoms with van der Waals surface area (Å²) < 4.78 is 5.65. The molecule has 2 rings (SSSR count). The minimum atomic E-state index is 0.717. The van der Waals surface area contributed by atoms with E-state index in [-0.39, 0.29) is 0 Å². The second-order valence-electron chi connectivity index (χ2n) is 5.48. The van der Waals surface area contributed by atoms with E-state index >= 15 is 0 Å². The number of hydrogen-bond acceptors (Lipinski definition) is 3. The van der Waals surface area contributed by atoms with Gasteiger partial charge < -0.3 is 15.0 Å². The zero-order valence-electron chi connectivity index (χ0n) is 12.0. The summed E-state index contributed by atoms with van der Waals surface area (Å²) in [5.74, 6) is 1.67. The van der Waals surface area contributed by atoms with Gasteiger partial charge in [-0.15, -0.1) is 0 Å². The number of benzene rings is 1. The Morgan fingerprint density at radius 3 is 2.68 bits per heavy atom. The average Bonchev–Trinajstić information content (AvgIpc) is 2.92. The molecule has 0 amide bonds. The van der Waals surface area contributed by atoms with Crippen molar-refractivity contribution in [1.82, 2.24) is 10.2 Å². The van der Waals surface area contributed by atoms with Crippen molar-refractivity contribution in [1.29, 1.82) is 0 Å². The van der Waals surface area contributed by atoms with Crippen LogP contribution in [0.15, 0.2) is 30.3 Å². The highest BCUT2D eigenvalue weighted by atomic mass is 16.5. The number of ether oxygens (including phenoxy) is 1. The van der Waals surface area contributed by atoms with E-state index in [0.717, 1.165) is 31.4 Å². The lowest BCUT2D eigenvalue weighted by molar-refractivity contribution is 0.272. The quantitative estimate of drug-likeness (QED) is 0.728. The first-order valence-electron chi connectivity index (χ1n) is 7.45. The van der Waals surface area contributed by atoms with Crippen molar-refractivity contribution < 1.29 is 4.74 Å². The van der Waals surface area contributed by atoms with Crippen LogP contribution in [-0.2, 0) is 0 Å². The van der Waals surface area contributed by atoms with E-state index in [9.17, 15) is 0 Å². The summed E-state index contributed by atoms with van der Waals surface area (Å²) in [6, 6.07) is 10.00. The van der Waals surface area contributed by atoms with E-state index in [1.807, 2.05) is 30.3 Å². The maximum Gasteiger partial charge on any atom is 0.119 e. The van der Waals surface area contributed by atoms with Gasteiger partial charge in [-0.2, -0.15) is 0 Å². The van der Waals surface area contributed by atoms with E-state index < -0.39 is 0 Å². The zero-order valence-corrected chi connectivity index (χ0v) is 12.0. The second kappa shape index (κ2) is 8.18. The predicted molar refractivity (Wildman–Crippen MR) is 79.6 cm³/mol. The van der Waals surface area contributed by atoms with E-state index in [0.29, 0.717) is 0 Å². The van der Waals surface area contributed by atoms with Crippen LogP contribution >= 0.6 is 0 Å². The molecule has 1 aliphatic rings. The van der Waals surface area contributed by atoms with Crippen molar-refractivity contribution in [3.63, 3.8) is 0 Å². The van der Waals surface area contributed by atoms with Crippen LogP contribution in [0.25, 0.3) is 0 Å². The number of hydrogen-bond donors (Lipinski definition) is 1. The van der Waals surface area contributed by atoms with E-state index in [4.69, 9.17) is 4.74 Å². The highest BCUT2D eigenvalue weighted by Gasteiger charge is 2.13. The van der Waals surface area contributed by atoms with Gasteiger partial charge in [0.2, 0.25) is 0 Å². The Hall–Kier alpha value is -1.06. The molecule has 1 aliphatic heterocycles. The first-order chi connectivity index (χ1) is 9.34. The lowest BCUT2D eigenvalue weighted by Gasteiger charge is -2.20. The zero-order chi connectivity index (χ0) is 13.3. The molecule has 0 aliphatic carbocycles. The Kier molecular flexibility index (Phi) is 6.18. The molecule has 0 radical (unpaired) electrons. The summed E-state index contributed by atoms with van der Waals surface area (Å²) in [6.07, 6.45) is 2.76. The summed E-state index contributed by atoms with van der Waals surface area (Å²) in [5.41, 5.74) is 0. The molecule has 1 heterocycles. The van der Waals surface area contributed by atoms with Gasteiger partial charge in [-0.3, -0.25) is 0 Å². The Labute approximate surface area is 116 Å². The van der Waals surface area contributed by atoms with Gasteiger partial charge >= 0.3 is 0 Å². The van der Waals surface area contributed by atoms with Gasteiger partial charge in [0.25, 0.3) is 0 Å². The van der Waals surface area contributed by atoms with Crippen molar-refractivity contribution in [2.24, 2.45) is 5.92 Å². The Morgan fingerprint density at radius 2 is 1.95 bits per heavy atom. The fourth-order valence-corrected chi connectivity index (χ4v) is 2.58. The van der Waals surface area contributed by atoms with Crippen LogP contribution in [0.3, 0.4) is 0 Å². The van der Waals surface area contributed by atoms with E-state index in [1.165, 1.54) is 32.5 Å². The third-order valence-electron chi connectivity index (χ3n) is 3.55. The van der Waals surface area contributed by atoms with E-state index in [1.54, 1.807) is 0 Å². The maximum atomic E-state index is 5.65. The third kappa shape index (κ3) is 5.62. The van der Waals surface area contributed by atoms with Crippen LogP contribution in [0, 0.1) is 5.92 Å². The van der Waals surface area contributed by atoms with Crippen molar-refractivity contribution in [2.45, 2.75) is 19.8 Å². The highest BCUT2D eigenvalue weighted by molar-refractivity contribution is 5.20. The second-order valence-corrected chi connectivity index (χ2v) is 5.48. The number of nitrogens with zero attached hydrogens (tertiary/aromatic N) is 1. The molecule has 106 valence electrons. The molecular weight excluding hydrogens is 236 g/mol. The third-order valence-corrected chi connectivity index (χ3v) is 3.55. The number of nitrogens with one attached hydrogen (secondary N) is 1. The lowest BCUT2D eigenvalue weighted by Crippen LogP contribution is -2.33. The van der Waals surface area contributed by atoms with Gasteiger partial charge in [0.1, 0.15) is 12.4 Å². The summed E-state index contributed by atoms with van der Waals surface area (Å²) in [4.78, 5) is 2.58. The van der Waals surface area contributed by atoms with Crippen LogP contribution in [0.4, 0.5) is 0 Å². The fourth-order valence-electron chi connectivity index (χ4n) is 2.58. The van der Waals surface area contributed by atoms with Gasteiger partial charge in [0.15, 0.2) is 0 Å². The molecule has 19 heavy (non-hydrogen) atoms. The maximum absolute atomic E-state index is 5.65. The van der Waals surface area contributed by atoms with Crippen LogP contribution < -0.4 is 10.1 Å². The molecule has 3 nitrogen and oxygen atoms in total. The molecule has 1 saturated heterocycles. The molecule has 0 bridgehead atoms. The summed E-state index contributed by atoms with van der Waals surface area (Å²) in [7, 11) is 0. The fraction of sp³-hybridized carbons (Fsp3) is 0.625. The molecule has 1 fully saturated rings. The van der Waals surface area contributed by atoms with Crippen molar-refractivity contribution >= 4 is 0 Å². The van der Waals surface area contributed by atoms with Crippen LogP contribution in [0.5, 0.6) is 5.75 Å². The Bertz CT molecular complexity index is 336. The van der Waals surface area contributed by atoms with Gasteiger partial charge in [0, 0.05) is 13.1 Å². The predicted octanol–water partition coefficient (Wildman–Crippen LogP) is 2.39. The van der Waals surface area contributed by atoms with Gasteiger partial charge in [-0.05, 0) is 50.5 Å². The monoisotopic (exact) mass is 262 g/mol. The molecular formula is C16H26N2O. The van der Waals surface area contributed by atoms with Crippen LogP contribution in [-0.4, -0.2) is 44.2 Å². The minimum Gasteiger partial charge on any atom is -0.492 e. The molecule has 0 saturated carbocycles. The highest BCUT2D eigenvalue weighted by Crippen LogP contribution is 2.10. The molecule has 0 aromatic heterocycles. The van der Waals surface area contributed by atoms with Crippen molar-refractivity contribution in [3.8, 4) is 5.75 Å².